The highest BCUT2D eigenvalue weighted by molar-refractivity contribution is 9.10. The average Bonchev–Trinajstić information content (AvgIpc) is 2.67. The van der Waals surface area contributed by atoms with Gasteiger partial charge in [-0.2, -0.15) is 0 Å². The number of carbonyl (C=O) groups excluding carboxylic acids is 1. The van der Waals surface area contributed by atoms with Gasteiger partial charge < -0.3 is 10.1 Å². The Labute approximate surface area is 178 Å². The van der Waals surface area contributed by atoms with Crippen LogP contribution >= 0.6 is 15.9 Å². The summed E-state index contributed by atoms with van der Waals surface area (Å²) in [7, 11) is 0. The largest absolute Gasteiger partial charge is 0.453 e. The molecule has 1 aromatic carbocycles. The molecule has 4 nitrogen and oxygen atoms in total. The number of rotatable bonds is 5. The van der Waals surface area contributed by atoms with Gasteiger partial charge in [-0.1, -0.05) is 22.0 Å². The Hall–Kier alpha value is -1.95. The fourth-order valence-corrected chi connectivity index (χ4v) is 7.51. The first-order valence-electron chi connectivity index (χ1n) is 10.3. The summed E-state index contributed by atoms with van der Waals surface area (Å²) in [6.07, 6.45) is 9.75. The fraction of sp³-hybridized carbons (Fsp3) is 0.478. The number of amides is 1. The summed E-state index contributed by atoms with van der Waals surface area (Å²) in [5, 5.41) is 3.09. The van der Waals surface area contributed by atoms with Gasteiger partial charge in [0.1, 0.15) is 5.75 Å². The van der Waals surface area contributed by atoms with Crippen molar-refractivity contribution in [2.75, 3.05) is 0 Å². The zero-order valence-corrected chi connectivity index (χ0v) is 17.8. The molecule has 1 N–H and O–H groups in total. The maximum Gasteiger partial charge on any atom is 0.226 e. The van der Waals surface area contributed by atoms with Crippen molar-refractivity contribution in [2.45, 2.75) is 49.4 Å². The first kappa shape index (κ1) is 19.0. The van der Waals surface area contributed by atoms with Gasteiger partial charge in [-0.25, -0.2) is 4.39 Å². The Morgan fingerprint density at radius 1 is 1.24 bits per heavy atom. The van der Waals surface area contributed by atoms with Gasteiger partial charge in [-0.3, -0.25) is 9.78 Å². The van der Waals surface area contributed by atoms with Crippen molar-refractivity contribution < 1.29 is 13.9 Å². The van der Waals surface area contributed by atoms with E-state index in [-0.39, 0.29) is 21.4 Å². The molecule has 4 fully saturated rings. The zero-order valence-electron chi connectivity index (χ0n) is 16.2. The molecule has 0 spiro atoms. The smallest absolute Gasteiger partial charge is 0.226 e. The van der Waals surface area contributed by atoms with Crippen molar-refractivity contribution in [3.8, 4) is 11.5 Å². The minimum absolute atomic E-state index is 0.131. The molecule has 1 aromatic heterocycles. The van der Waals surface area contributed by atoms with Crippen LogP contribution < -0.4 is 10.1 Å². The molecule has 2 unspecified atom stereocenters. The average molecular weight is 459 g/mol. The monoisotopic (exact) mass is 458 g/mol. The van der Waals surface area contributed by atoms with Crippen molar-refractivity contribution >= 4 is 21.8 Å². The summed E-state index contributed by atoms with van der Waals surface area (Å²) in [6, 6.07) is 8.28. The third-order valence-electron chi connectivity index (χ3n) is 6.78. The number of benzene rings is 1. The van der Waals surface area contributed by atoms with Crippen LogP contribution in [-0.4, -0.2) is 15.2 Å². The van der Waals surface area contributed by atoms with Crippen molar-refractivity contribution in [3.63, 3.8) is 0 Å². The molecule has 4 aliphatic rings. The van der Waals surface area contributed by atoms with Gasteiger partial charge in [0, 0.05) is 17.1 Å². The second-order valence-corrected chi connectivity index (χ2v) is 10.8. The highest BCUT2D eigenvalue weighted by atomic mass is 79.9. The molecule has 6 rings (SSSR count). The van der Waals surface area contributed by atoms with E-state index in [0.29, 0.717) is 24.1 Å². The van der Waals surface area contributed by atoms with Gasteiger partial charge in [0.05, 0.1) is 11.6 Å². The Morgan fingerprint density at radius 3 is 2.69 bits per heavy atom. The molecule has 1 amide bonds. The lowest BCUT2D eigenvalue weighted by atomic mass is 9.49. The van der Waals surface area contributed by atoms with E-state index in [9.17, 15) is 9.18 Å². The maximum atomic E-state index is 14.5. The number of pyridine rings is 1. The number of nitrogens with zero attached hydrogens (tertiary/aromatic N) is 1. The molecule has 4 aliphatic carbocycles. The topological polar surface area (TPSA) is 51.2 Å². The molecule has 0 radical (unpaired) electrons. The number of alkyl halides is 1. The van der Waals surface area contributed by atoms with Crippen molar-refractivity contribution in [1.82, 2.24) is 10.3 Å². The number of ether oxygens (including phenoxy) is 1. The van der Waals surface area contributed by atoms with Gasteiger partial charge in [0.15, 0.2) is 11.6 Å². The first-order chi connectivity index (χ1) is 13.9. The van der Waals surface area contributed by atoms with E-state index < -0.39 is 5.82 Å². The quantitative estimate of drug-likeness (QED) is 0.613. The molecule has 6 heteroatoms. The van der Waals surface area contributed by atoms with Gasteiger partial charge in [-0.05, 0) is 80.2 Å². The SMILES string of the molecule is O=C(NCc1ccc(Oc2cccnc2)c(F)c1)C12CC3CC(CC(Br)(C3)C1)C2. The molecule has 152 valence electrons. The zero-order chi connectivity index (χ0) is 20.1. The summed E-state index contributed by atoms with van der Waals surface area (Å²) < 4.78 is 20.1. The van der Waals surface area contributed by atoms with Crippen molar-refractivity contribution in [3.05, 3.63) is 54.1 Å². The lowest BCUT2D eigenvalue weighted by Crippen LogP contribution is -2.58. The highest BCUT2D eigenvalue weighted by Gasteiger charge is 2.59. The van der Waals surface area contributed by atoms with Crippen molar-refractivity contribution in [1.29, 1.82) is 0 Å². The van der Waals surface area contributed by atoms with Gasteiger partial charge in [0.2, 0.25) is 5.91 Å². The Bertz CT molecular complexity index is 922. The molecule has 29 heavy (non-hydrogen) atoms. The number of carbonyl (C=O) groups is 1. The minimum Gasteiger partial charge on any atom is -0.453 e. The molecule has 0 aliphatic heterocycles. The van der Waals surface area contributed by atoms with Crippen molar-refractivity contribution in [2.24, 2.45) is 17.3 Å². The maximum absolute atomic E-state index is 14.5. The molecule has 2 atom stereocenters. The van der Waals surface area contributed by atoms with Crippen LogP contribution in [0.1, 0.15) is 44.1 Å². The van der Waals surface area contributed by atoms with Crippen LogP contribution in [0.3, 0.4) is 0 Å². The van der Waals surface area contributed by atoms with Crippen LogP contribution in [0.4, 0.5) is 4.39 Å². The predicted octanol–water partition coefficient (Wildman–Crippen LogP) is 5.36. The summed E-state index contributed by atoms with van der Waals surface area (Å²) in [5.41, 5.74) is 0.475. The first-order valence-corrected chi connectivity index (χ1v) is 11.1. The number of hydrogen-bond donors (Lipinski definition) is 1. The summed E-state index contributed by atoms with van der Waals surface area (Å²) >= 11 is 3.95. The molecule has 0 saturated heterocycles. The van der Waals surface area contributed by atoms with Crippen LogP contribution in [0.5, 0.6) is 11.5 Å². The van der Waals surface area contributed by atoms with E-state index >= 15 is 0 Å². The minimum atomic E-state index is -0.449. The van der Waals surface area contributed by atoms with E-state index in [1.54, 1.807) is 30.5 Å². The van der Waals surface area contributed by atoms with Gasteiger partial charge >= 0.3 is 0 Å². The fourth-order valence-electron chi connectivity index (χ4n) is 6.06. The second-order valence-electron chi connectivity index (χ2n) is 9.13. The third-order valence-corrected chi connectivity index (χ3v) is 7.71. The van der Waals surface area contributed by atoms with Crippen LogP contribution in [0.2, 0.25) is 0 Å². The van der Waals surface area contributed by atoms with Gasteiger partial charge in [0.25, 0.3) is 0 Å². The molecular formula is C23H24BrFN2O2. The van der Waals surface area contributed by atoms with Crippen LogP contribution in [-0.2, 0) is 11.3 Å². The molecular weight excluding hydrogens is 435 g/mol. The van der Waals surface area contributed by atoms with E-state index in [1.165, 1.54) is 31.5 Å². The lowest BCUT2D eigenvalue weighted by Gasteiger charge is -2.59. The van der Waals surface area contributed by atoms with E-state index in [4.69, 9.17) is 4.74 Å². The lowest BCUT2D eigenvalue weighted by molar-refractivity contribution is -0.144. The van der Waals surface area contributed by atoms with Gasteiger partial charge in [-0.15, -0.1) is 0 Å². The molecule has 2 aromatic rings. The number of aromatic nitrogens is 1. The Morgan fingerprint density at radius 2 is 2.03 bits per heavy atom. The predicted molar refractivity (Wildman–Crippen MR) is 111 cm³/mol. The molecule has 1 heterocycles. The Kier molecular flexibility index (Phi) is 4.65. The van der Waals surface area contributed by atoms with Crippen LogP contribution in [0, 0.1) is 23.1 Å². The summed E-state index contributed by atoms with van der Waals surface area (Å²) in [6.45, 7) is 0.329. The van der Waals surface area contributed by atoms with E-state index in [0.717, 1.165) is 24.8 Å². The highest BCUT2D eigenvalue weighted by Crippen LogP contribution is 2.64. The molecule has 4 bridgehead atoms. The van der Waals surface area contributed by atoms with E-state index in [2.05, 4.69) is 26.2 Å². The second kappa shape index (κ2) is 7.08. The normalized spacial score (nSPS) is 32.2. The number of halogens is 2. The third kappa shape index (κ3) is 3.67. The number of hydrogen-bond acceptors (Lipinski definition) is 3. The summed E-state index contributed by atoms with van der Waals surface area (Å²) in [4.78, 5) is 17.1. The standard InChI is InChI=1S/C23H24BrFN2O2/c24-23-10-16-6-17(11-23)9-22(8-16,14-23)21(28)27-12-15-3-4-20(19(25)7-15)29-18-2-1-5-26-13-18/h1-5,7,13,16-17H,6,8-12,14H2,(H,27,28). The number of nitrogens with one attached hydrogen (secondary N) is 1. The van der Waals surface area contributed by atoms with Crippen LogP contribution in [0.15, 0.2) is 42.7 Å². The Balaban J connectivity index is 1.25. The summed E-state index contributed by atoms with van der Waals surface area (Å²) in [5.74, 6) is 1.63. The van der Waals surface area contributed by atoms with E-state index in [1.807, 2.05) is 0 Å². The van der Waals surface area contributed by atoms with Crippen LogP contribution in [0.25, 0.3) is 0 Å². The molecule has 4 saturated carbocycles.